The van der Waals surface area contributed by atoms with E-state index >= 15 is 0 Å². The van der Waals surface area contributed by atoms with Gasteiger partial charge in [0, 0.05) is 34.0 Å². The third kappa shape index (κ3) is 6.63. The molecule has 1 saturated heterocycles. The van der Waals surface area contributed by atoms with Crippen LogP contribution in [0.4, 0.5) is 0 Å². The number of unbranched alkanes of at least 4 members (excludes halogenated alkanes) is 4. The first-order valence-electron chi connectivity index (χ1n) is 7.39. The standard InChI is InChI=1S/C15H23IN2OS/c16-14-6-7-15(17-12-14)19-10-5-3-1-2-4-8-18-9-11-20-13-18/h6-7,12H,1-5,8-11,13H2. The summed E-state index contributed by atoms with van der Waals surface area (Å²) in [6.45, 7) is 3.37. The Kier molecular flexibility index (Phi) is 8.05. The summed E-state index contributed by atoms with van der Waals surface area (Å²) in [6.07, 6.45) is 8.26. The number of ether oxygens (including phenoxy) is 1. The van der Waals surface area contributed by atoms with Gasteiger partial charge in [-0.1, -0.05) is 19.3 Å². The third-order valence-electron chi connectivity index (χ3n) is 3.39. The lowest BCUT2D eigenvalue weighted by Gasteiger charge is -2.12. The average molecular weight is 406 g/mol. The van der Waals surface area contributed by atoms with E-state index in [9.17, 15) is 0 Å². The van der Waals surface area contributed by atoms with Crippen LogP contribution in [0.3, 0.4) is 0 Å². The summed E-state index contributed by atoms with van der Waals surface area (Å²) in [4.78, 5) is 6.80. The van der Waals surface area contributed by atoms with Gasteiger partial charge in [-0.05, 0) is 48.0 Å². The molecule has 20 heavy (non-hydrogen) atoms. The largest absolute Gasteiger partial charge is 0.478 e. The van der Waals surface area contributed by atoms with Crippen LogP contribution in [0.25, 0.3) is 0 Å². The van der Waals surface area contributed by atoms with E-state index in [1.165, 1.54) is 50.4 Å². The van der Waals surface area contributed by atoms with Gasteiger partial charge in [-0.15, -0.1) is 11.8 Å². The Hall–Kier alpha value is -0.0100. The SMILES string of the molecule is Ic1ccc(OCCCCCCCN2CCSC2)nc1. The molecular formula is C15H23IN2OS. The summed E-state index contributed by atoms with van der Waals surface area (Å²) in [7, 11) is 0. The van der Waals surface area contributed by atoms with Crippen LogP contribution in [-0.2, 0) is 0 Å². The molecule has 1 fully saturated rings. The molecule has 0 bridgehead atoms. The molecule has 0 atom stereocenters. The number of pyridine rings is 1. The molecule has 1 aliphatic heterocycles. The van der Waals surface area contributed by atoms with Crippen molar-refractivity contribution in [2.45, 2.75) is 32.1 Å². The number of rotatable bonds is 9. The second kappa shape index (κ2) is 9.84. The minimum absolute atomic E-state index is 0.747. The molecule has 0 unspecified atom stereocenters. The van der Waals surface area contributed by atoms with Crippen LogP contribution < -0.4 is 4.74 Å². The summed E-state index contributed by atoms with van der Waals surface area (Å²) in [5.41, 5.74) is 0. The highest BCUT2D eigenvalue weighted by Crippen LogP contribution is 2.14. The second-order valence-electron chi connectivity index (χ2n) is 5.09. The molecule has 0 aromatic carbocycles. The number of nitrogens with zero attached hydrogens (tertiary/aromatic N) is 2. The van der Waals surface area contributed by atoms with Crippen LogP contribution in [0.5, 0.6) is 5.88 Å². The zero-order chi connectivity index (χ0) is 14.0. The molecule has 1 aromatic rings. The van der Waals surface area contributed by atoms with Crippen LogP contribution >= 0.6 is 34.4 Å². The van der Waals surface area contributed by atoms with E-state index in [1.54, 1.807) is 0 Å². The summed E-state index contributed by atoms with van der Waals surface area (Å²) < 4.78 is 6.77. The summed E-state index contributed by atoms with van der Waals surface area (Å²) in [6, 6.07) is 3.97. The van der Waals surface area contributed by atoms with Gasteiger partial charge >= 0.3 is 0 Å². The maximum atomic E-state index is 5.62. The fourth-order valence-corrected chi connectivity index (χ4v) is 3.57. The number of thioether (sulfide) groups is 1. The van der Waals surface area contributed by atoms with Gasteiger partial charge in [0.05, 0.1) is 6.61 Å². The Labute approximate surface area is 140 Å². The Morgan fingerprint density at radius 1 is 1.20 bits per heavy atom. The lowest BCUT2D eigenvalue weighted by molar-refractivity contribution is 0.291. The zero-order valence-corrected chi connectivity index (χ0v) is 14.9. The fraction of sp³-hybridized carbons (Fsp3) is 0.667. The lowest BCUT2D eigenvalue weighted by atomic mass is 10.1. The van der Waals surface area contributed by atoms with Crippen LogP contribution in [0.15, 0.2) is 18.3 Å². The van der Waals surface area contributed by atoms with E-state index in [4.69, 9.17) is 4.74 Å². The van der Waals surface area contributed by atoms with E-state index in [0.717, 1.165) is 22.5 Å². The molecule has 0 aliphatic carbocycles. The monoisotopic (exact) mass is 406 g/mol. The van der Waals surface area contributed by atoms with Gasteiger partial charge in [-0.3, -0.25) is 4.90 Å². The van der Waals surface area contributed by atoms with Crippen LogP contribution in [0, 0.1) is 3.57 Å². The van der Waals surface area contributed by atoms with Crippen LogP contribution in [0.1, 0.15) is 32.1 Å². The van der Waals surface area contributed by atoms with Crippen molar-refractivity contribution in [1.29, 1.82) is 0 Å². The van der Waals surface area contributed by atoms with Crippen LogP contribution in [-0.4, -0.2) is 41.2 Å². The van der Waals surface area contributed by atoms with Crippen molar-refractivity contribution in [3.05, 3.63) is 21.9 Å². The Morgan fingerprint density at radius 3 is 2.80 bits per heavy atom. The summed E-state index contributed by atoms with van der Waals surface area (Å²) >= 11 is 4.31. The predicted octanol–water partition coefficient (Wildman–Crippen LogP) is 4.02. The molecule has 2 rings (SSSR count). The maximum Gasteiger partial charge on any atom is 0.213 e. The quantitative estimate of drug-likeness (QED) is 0.457. The van der Waals surface area contributed by atoms with Gasteiger partial charge in [-0.25, -0.2) is 4.98 Å². The van der Waals surface area contributed by atoms with Crippen molar-refractivity contribution >= 4 is 34.4 Å². The van der Waals surface area contributed by atoms with Gasteiger partial charge < -0.3 is 4.74 Å². The maximum absolute atomic E-state index is 5.62. The minimum atomic E-state index is 0.747. The fourth-order valence-electron chi connectivity index (χ4n) is 2.22. The average Bonchev–Trinajstić information content (AvgIpc) is 2.97. The number of hydrogen-bond donors (Lipinski definition) is 0. The van der Waals surface area contributed by atoms with Gasteiger partial charge in [-0.2, -0.15) is 0 Å². The van der Waals surface area contributed by atoms with Gasteiger partial charge in [0.25, 0.3) is 0 Å². The number of aromatic nitrogens is 1. The highest BCUT2D eigenvalue weighted by Gasteiger charge is 2.10. The molecule has 0 saturated carbocycles. The number of hydrogen-bond acceptors (Lipinski definition) is 4. The summed E-state index contributed by atoms with van der Waals surface area (Å²) in [5.74, 6) is 3.32. The Bertz CT molecular complexity index is 369. The molecule has 0 radical (unpaired) electrons. The minimum Gasteiger partial charge on any atom is -0.478 e. The first-order valence-corrected chi connectivity index (χ1v) is 9.62. The van der Waals surface area contributed by atoms with Gasteiger partial charge in [0.15, 0.2) is 0 Å². The molecule has 1 aromatic heterocycles. The predicted molar refractivity (Wildman–Crippen MR) is 94.4 cm³/mol. The first kappa shape index (κ1) is 16.4. The van der Waals surface area contributed by atoms with Crippen molar-refractivity contribution in [3.8, 4) is 5.88 Å². The molecule has 0 spiro atoms. The van der Waals surface area contributed by atoms with E-state index in [1.807, 2.05) is 18.3 Å². The van der Waals surface area contributed by atoms with Crippen molar-refractivity contribution < 1.29 is 4.74 Å². The van der Waals surface area contributed by atoms with Crippen LogP contribution in [0.2, 0.25) is 0 Å². The highest BCUT2D eigenvalue weighted by atomic mass is 127. The molecule has 112 valence electrons. The lowest BCUT2D eigenvalue weighted by Crippen LogP contribution is -2.20. The normalized spacial score (nSPS) is 15.7. The van der Waals surface area contributed by atoms with E-state index in [-0.39, 0.29) is 0 Å². The Balaban J connectivity index is 1.40. The first-order chi connectivity index (χ1) is 9.84. The van der Waals surface area contributed by atoms with E-state index < -0.39 is 0 Å². The molecule has 0 amide bonds. The molecular weight excluding hydrogens is 383 g/mol. The zero-order valence-electron chi connectivity index (χ0n) is 11.9. The van der Waals surface area contributed by atoms with Gasteiger partial charge in [0.2, 0.25) is 5.88 Å². The molecule has 3 nitrogen and oxygen atoms in total. The van der Waals surface area contributed by atoms with E-state index in [0.29, 0.717) is 0 Å². The van der Waals surface area contributed by atoms with Crippen molar-refractivity contribution in [2.75, 3.05) is 31.3 Å². The Morgan fingerprint density at radius 2 is 2.05 bits per heavy atom. The highest BCUT2D eigenvalue weighted by molar-refractivity contribution is 14.1. The van der Waals surface area contributed by atoms with Crippen molar-refractivity contribution in [1.82, 2.24) is 9.88 Å². The molecule has 5 heteroatoms. The van der Waals surface area contributed by atoms with E-state index in [2.05, 4.69) is 44.2 Å². The topological polar surface area (TPSA) is 25.4 Å². The molecule has 0 N–H and O–H groups in total. The third-order valence-corrected chi connectivity index (χ3v) is 5.05. The smallest absolute Gasteiger partial charge is 0.213 e. The van der Waals surface area contributed by atoms with Crippen molar-refractivity contribution in [2.24, 2.45) is 0 Å². The van der Waals surface area contributed by atoms with Gasteiger partial charge in [0.1, 0.15) is 0 Å². The van der Waals surface area contributed by atoms with Crippen molar-refractivity contribution in [3.63, 3.8) is 0 Å². The second-order valence-corrected chi connectivity index (χ2v) is 7.41. The molecule has 1 aliphatic rings. The number of halogens is 1. The molecule has 2 heterocycles. The summed E-state index contributed by atoms with van der Waals surface area (Å²) in [5, 5.41) is 0.